The Balaban J connectivity index is 1.63. The maximum atomic E-state index is 12.5. The third-order valence-electron chi connectivity index (χ3n) is 3.83. The van der Waals surface area contributed by atoms with Gasteiger partial charge < -0.3 is 14.9 Å². The molecule has 8 heteroatoms. The first-order valence-corrected chi connectivity index (χ1v) is 7.77. The predicted molar refractivity (Wildman–Crippen MR) is 87.0 cm³/mol. The first-order chi connectivity index (χ1) is 11.6. The van der Waals surface area contributed by atoms with Crippen molar-refractivity contribution in [3.63, 3.8) is 0 Å². The molecule has 0 bridgehead atoms. The maximum absolute atomic E-state index is 12.5. The highest BCUT2D eigenvalue weighted by molar-refractivity contribution is 6.32. The highest BCUT2D eigenvalue weighted by Crippen LogP contribution is 2.24. The number of rotatable bonds is 2. The molecule has 7 nitrogen and oxygen atoms in total. The number of hydrogen-bond donors (Lipinski definition) is 1. The number of nitrogens with zero attached hydrogens (tertiary/aromatic N) is 4. The third kappa shape index (κ3) is 3.30. The molecule has 1 N–H and O–H groups in total. The van der Waals surface area contributed by atoms with E-state index in [0.717, 1.165) is 0 Å². The lowest BCUT2D eigenvalue weighted by atomic mass is 10.1. The fourth-order valence-electron chi connectivity index (χ4n) is 2.51. The van der Waals surface area contributed by atoms with Crippen molar-refractivity contribution >= 4 is 23.4 Å². The van der Waals surface area contributed by atoms with E-state index in [0.29, 0.717) is 37.4 Å². The van der Waals surface area contributed by atoms with Crippen LogP contribution in [0, 0.1) is 0 Å². The van der Waals surface area contributed by atoms with Gasteiger partial charge in [-0.2, -0.15) is 0 Å². The first-order valence-electron chi connectivity index (χ1n) is 7.39. The normalized spacial score (nSPS) is 14.5. The zero-order chi connectivity index (χ0) is 17.1. The zero-order valence-corrected chi connectivity index (χ0v) is 13.5. The zero-order valence-electron chi connectivity index (χ0n) is 12.7. The van der Waals surface area contributed by atoms with E-state index in [1.807, 2.05) is 0 Å². The van der Waals surface area contributed by atoms with Gasteiger partial charge in [-0.25, -0.2) is 4.98 Å². The number of aromatic hydroxyl groups is 1. The van der Waals surface area contributed by atoms with E-state index < -0.39 is 0 Å². The van der Waals surface area contributed by atoms with Crippen molar-refractivity contribution in [2.45, 2.75) is 0 Å². The van der Waals surface area contributed by atoms with Crippen LogP contribution in [0.2, 0.25) is 5.02 Å². The van der Waals surface area contributed by atoms with E-state index in [-0.39, 0.29) is 22.6 Å². The van der Waals surface area contributed by atoms with Crippen molar-refractivity contribution in [2.75, 3.05) is 26.2 Å². The molecule has 1 aromatic carbocycles. The number of carbonyl (C=O) groups is 2. The van der Waals surface area contributed by atoms with E-state index >= 15 is 0 Å². The lowest BCUT2D eigenvalue weighted by Crippen LogP contribution is -2.50. The van der Waals surface area contributed by atoms with Crippen LogP contribution < -0.4 is 0 Å². The number of phenolic OH excluding ortho intramolecular Hbond substituents is 1. The Hall–Kier alpha value is -2.67. The molecule has 1 saturated heterocycles. The molecule has 1 aliphatic heterocycles. The monoisotopic (exact) mass is 346 g/mol. The van der Waals surface area contributed by atoms with Crippen LogP contribution in [0.5, 0.6) is 5.75 Å². The second kappa shape index (κ2) is 6.84. The summed E-state index contributed by atoms with van der Waals surface area (Å²) in [4.78, 5) is 36.0. The lowest BCUT2D eigenvalue weighted by Gasteiger charge is -2.34. The highest BCUT2D eigenvalue weighted by atomic mass is 35.5. The van der Waals surface area contributed by atoms with Crippen molar-refractivity contribution in [2.24, 2.45) is 0 Å². The van der Waals surface area contributed by atoms with E-state index in [9.17, 15) is 14.7 Å². The van der Waals surface area contributed by atoms with E-state index in [2.05, 4.69) is 9.97 Å². The minimum Gasteiger partial charge on any atom is -0.506 e. The molecule has 2 heterocycles. The molecule has 1 aromatic heterocycles. The first kappa shape index (κ1) is 16.2. The van der Waals surface area contributed by atoms with Crippen molar-refractivity contribution in [3.05, 3.63) is 53.1 Å². The van der Waals surface area contributed by atoms with Crippen LogP contribution in [-0.2, 0) is 0 Å². The Kier molecular flexibility index (Phi) is 4.61. The van der Waals surface area contributed by atoms with Gasteiger partial charge in [0.15, 0.2) is 0 Å². The summed E-state index contributed by atoms with van der Waals surface area (Å²) < 4.78 is 0. The molecule has 2 amide bonds. The standard InChI is InChI=1S/C16H15ClN4O3/c17-12-9-11(1-2-14(12)22)15(23)20-5-7-21(8-6-20)16(24)13-10-18-3-4-19-13/h1-4,9-10,22H,5-8H2. The molecule has 0 atom stereocenters. The summed E-state index contributed by atoms with van der Waals surface area (Å²) in [6.07, 6.45) is 4.41. The van der Waals surface area contributed by atoms with E-state index in [1.54, 1.807) is 9.80 Å². The van der Waals surface area contributed by atoms with Crippen molar-refractivity contribution in [1.29, 1.82) is 0 Å². The van der Waals surface area contributed by atoms with Crippen LogP contribution >= 0.6 is 11.6 Å². The van der Waals surface area contributed by atoms with E-state index in [4.69, 9.17) is 11.6 Å². The van der Waals surface area contributed by atoms with Crippen LogP contribution in [0.3, 0.4) is 0 Å². The number of halogens is 1. The largest absolute Gasteiger partial charge is 0.506 e. The van der Waals surface area contributed by atoms with E-state index in [1.165, 1.54) is 36.8 Å². The Labute approximate surface area is 143 Å². The van der Waals surface area contributed by atoms with Gasteiger partial charge in [-0.1, -0.05) is 11.6 Å². The highest BCUT2D eigenvalue weighted by Gasteiger charge is 2.26. The summed E-state index contributed by atoms with van der Waals surface area (Å²) in [6, 6.07) is 4.36. The third-order valence-corrected chi connectivity index (χ3v) is 4.13. The van der Waals surface area contributed by atoms with Gasteiger partial charge in [-0.3, -0.25) is 14.6 Å². The molecule has 1 fully saturated rings. The number of piperazine rings is 1. The summed E-state index contributed by atoms with van der Waals surface area (Å²) in [5.41, 5.74) is 0.703. The van der Waals surface area contributed by atoms with Gasteiger partial charge in [0, 0.05) is 44.1 Å². The Bertz CT molecular complexity index is 761. The van der Waals surface area contributed by atoms with Crippen LogP contribution in [0.15, 0.2) is 36.8 Å². The van der Waals surface area contributed by atoms with Gasteiger partial charge >= 0.3 is 0 Å². The minimum atomic E-state index is -0.192. The molecule has 124 valence electrons. The Morgan fingerprint density at radius 1 is 1.04 bits per heavy atom. The van der Waals surface area contributed by atoms with Crippen LogP contribution in [0.1, 0.15) is 20.8 Å². The van der Waals surface area contributed by atoms with Crippen LogP contribution in [0.4, 0.5) is 0 Å². The number of benzene rings is 1. The summed E-state index contributed by atoms with van der Waals surface area (Å²) in [5.74, 6) is -0.431. The molecule has 24 heavy (non-hydrogen) atoms. The Morgan fingerprint density at radius 3 is 2.29 bits per heavy atom. The predicted octanol–water partition coefficient (Wildman–Crippen LogP) is 1.43. The van der Waals surface area contributed by atoms with Crippen LogP contribution in [-0.4, -0.2) is 62.9 Å². The molecule has 2 aromatic rings. The maximum Gasteiger partial charge on any atom is 0.274 e. The second-order valence-electron chi connectivity index (χ2n) is 5.34. The number of carbonyl (C=O) groups excluding carboxylic acids is 2. The van der Waals surface area contributed by atoms with Crippen molar-refractivity contribution in [3.8, 4) is 5.75 Å². The average Bonchev–Trinajstić information content (AvgIpc) is 2.63. The van der Waals surface area contributed by atoms with Gasteiger partial charge in [-0.05, 0) is 18.2 Å². The van der Waals surface area contributed by atoms with Gasteiger partial charge in [-0.15, -0.1) is 0 Å². The number of hydrogen-bond acceptors (Lipinski definition) is 5. The lowest BCUT2D eigenvalue weighted by molar-refractivity contribution is 0.0532. The van der Waals surface area contributed by atoms with Gasteiger partial charge in [0.1, 0.15) is 11.4 Å². The molecule has 0 unspecified atom stereocenters. The van der Waals surface area contributed by atoms with Gasteiger partial charge in [0.25, 0.3) is 11.8 Å². The average molecular weight is 347 g/mol. The second-order valence-corrected chi connectivity index (χ2v) is 5.75. The van der Waals surface area contributed by atoms with Crippen LogP contribution in [0.25, 0.3) is 0 Å². The summed E-state index contributed by atoms with van der Waals surface area (Å²) in [5, 5.41) is 9.56. The molecule has 1 aliphatic rings. The molecule has 3 rings (SSSR count). The van der Waals surface area contributed by atoms with Gasteiger partial charge in [0.05, 0.1) is 11.2 Å². The fraction of sp³-hybridized carbons (Fsp3) is 0.250. The number of amides is 2. The summed E-state index contributed by atoms with van der Waals surface area (Å²) >= 11 is 5.84. The molecule has 0 radical (unpaired) electrons. The molecular weight excluding hydrogens is 332 g/mol. The molecule has 0 spiro atoms. The quantitative estimate of drug-likeness (QED) is 0.889. The van der Waals surface area contributed by atoms with Gasteiger partial charge in [0.2, 0.25) is 0 Å². The topological polar surface area (TPSA) is 86.6 Å². The summed E-state index contributed by atoms with van der Waals surface area (Å²) in [7, 11) is 0. The minimum absolute atomic E-state index is 0.0624. The number of phenols is 1. The molecule has 0 aliphatic carbocycles. The molecular formula is C16H15ClN4O3. The fourth-order valence-corrected chi connectivity index (χ4v) is 2.69. The summed E-state index contributed by atoms with van der Waals surface area (Å²) in [6.45, 7) is 1.69. The Morgan fingerprint density at radius 2 is 1.71 bits per heavy atom. The molecule has 0 saturated carbocycles. The van der Waals surface area contributed by atoms with Crippen molar-refractivity contribution < 1.29 is 14.7 Å². The smallest absolute Gasteiger partial charge is 0.274 e. The number of aromatic nitrogens is 2. The van der Waals surface area contributed by atoms with Crippen molar-refractivity contribution in [1.82, 2.24) is 19.8 Å². The SMILES string of the molecule is O=C(c1ccc(O)c(Cl)c1)N1CCN(C(=O)c2cnccn2)CC1.